The molecule has 2 heterocycles. The fourth-order valence-electron chi connectivity index (χ4n) is 1.76. The molecule has 3 aromatic rings. The van der Waals surface area contributed by atoms with Crippen LogP contribution in [0.15, 0.2) is 46.4 Å². The predicted octanol–water partition coefficient (Wildman–Crippen LogP) is 4.54. The highest BCUT2D eigenvalue weighted by Gasteiger charge is 2.12. The van der Waals surface area contributed by atoms with E-state index in [-0.39, 0.29) is 17.3 Å². The Morgan fingerprint density at radius 1 is 1.41 bits per heavy atom. The summed E-state index contributed by atoms with van der Waals surface area (Å²) in [6, 6.07) is 7.70. The molecular weight excluding hydrogens is 328 g/mol. The van der Waals surface area contributed by atoms with Gasteiger partial charge in [0, 0.05) is 17.5 Å². The van der Waals surface area contributed by atoms with Gasteiger partial charge in [-0.1, -0.05) is 11.6 Å². The molecule has 3 rings (SSSR count). The molecule has 0 saturated carbocycles. The maximum Gasteiger partial charge on any atom is 0.271 e. The van der Waals surface area contributed by atoms with Gasteiger partial charge < -0.3 is 9.15 Å². The predicted molar refractivity (Wildman–Crippen MR) is 82.3 cm³/mol. The van der Waals surface area contributed by atoms with E-state index in [1.165, 1.54) is 29.5 Å². The van der Waals surface area contributed by atoms with E-state index >= 15 is 0 Å². The molecule has 8 heteroatoms. The third kappa shape index (κ3) is 3.10. The lowest BCUT2D eigenvalue weighted by Gasteiger charge is -2.05. The van der Waals surface area contributed by atoms with Gasteiger partial charge in [-0.3, -0.25) is 10.1 Å². The van der Waals surface area contributed by atoms with Crippen LogP contribution in [0.2, 0.25) is 5.02 Å². The second-order valence-electron chi connectivity index (χ2n) is 4.28. The number of nitro benzene ring substituents is 1. The third-order valence-electron chi connectivity index (χ3n) is 2.79. The van der Waals surface area contributed by atoms with Crippen LogP contribution in [0.5, 0.6) is 5.75 Å². The van der Waals surface area contributed by atoms with Crippen LogP contribution in [0, 0.1) is 10.1 Å². The number of ether oxygens (including phenoxy) is 1. The summed E-state index contributed by atoms with van der Waals surface area (Å²) < 4.78 is 10.8. The summed E-state index contributed by atoms with van der Waals surface area (Å²) in [6.07, 6.45) is 1.59. The molecule has 0 aliphatic carbocycles. The Hall–Kier alpha value is -2.38. The number of non-ortho nitro benzene ring substituents is 1. The minimum absolute atomic E-state index is 0.0777. The molecule has 2 aromatic heterocycles. The van der Waals surface area contributed by atoms with Gasteiger partial charge in [0.15, 0.2) is 10.8 Å². The Morgan fingerprint density at radius 3 is 2.95 bits per heavy atom. The summed E-state index contributed by atoms with van der Waals surface area (Å²) in [7, 11) is 0. The molecule has 0 spiro atoms. The van der Waals surface area contributed by atoms with Crippen LogP contribution in [0.25, 0.3) is 10.8 Å². The first kappa shape index (κ1) is 14.6. The first-order valence-corrected chi connectivity index (χ1v) is 7.44. The molecule has 0 saturated heterocycles. The van der Waals surface area contributed by atoms with Gasteiger partial charge in [0.1, 0.15) is 12.4 Å². The normalized spacial score (nSPS) is 10.6. The average molecular weight is 337 g/mol. The van der Waals surface area contributed by atoms with Gasteiger partial charge in [-0.25, -0.2) is 4.98 Å². The van der Waals surface area contributed by atoms with Crippen molar-refractivity contribution < 1.29 is 14.1 Å². The van der Waals surface area contributed by atoms with Gasteiger partial charge >= 0.3 is 0 Å². The van der Waals surface area contributed by atoms with E-state index in [0.29, 0.717) is 11.5 Å². The van der Waals surface area contributed by atoms with Crippen molar-refractivity contribution in [2.45, 2.75) is 6.61 Å². The first-order valence-electron chi connectivity index (χ1n) is 6.18. The van der Waals surface area contributed by atoms with E-state index in [1.807, 2.05) is 11.4 Å². The number of hydrogen-bond acceptors (Lipinski definition) is 6. The van der Waals surface area contributed by atoms with E-state index in [2.05, 4.69) is 4.98 Å². The molecular formula is C14H9ClN2O4S. The van der Waals surface area contributed by atoms with Crippen molar-refractivity contribution in [3.8, 4) is 16.5 Å². The van der Waals surface area contributed by atoms with Gasteiger partial charge in [-0.2, -0.15) is 0 Å². The van der Waals surface area contributed by atoms with Crippen molar-refractivity contribution in [1.82, 2.24) is 4.98 Å². The van der Waals surface area contributed by atoms with Crippen LogP contribution in [0.4, 0.5) is 5.69 Å². The van der Waals surface area contributed by atoms with Crippen molar-refractivity contribution in [2.24, 2.45) is 0 Å². The number of benzene rings is 1. The minimum atomic E-state index is -0.508. The number of nitro groups is 1. The summed E-state index contributed by atoms with van der Waals surface area (Å²) in [4.78, 5) is 14.5. The number of halogens is 1. The minimum Gasteiger partial charge on any atom is -0.486 e. The molecule has 22 heavy (non-hydrogen) atoms. The smallest absolute Gasteiger partial charge is 0.271 e. The summed E-state index contributed by atoms with van der Waals surface area (Å²) in [5, 5.41) is 13.5. The summed E-state index contributed by atoms with van der Waals surface area (Å²) in [6.45, 7) is 0.217. The zero-order valence-electron chi connectivity index (χ0n) is 11.1. The van der Waals surface area contributed by atoms with Gasteiger partial charge in [-0.15, -0.1) is 11.3 Å². The van der Waals surface area contributed by atoms with E-state index in [4.69, 9.17) is 20.8 Å². The van der Waals surface area contributed by atoms with E-state index < -0.39 is 4.92 Å². The van der Waals surface area contributed by atoms with Crippen molar-refractivity contribution in [3.05, 3.63) is 62.8 Å². The number of furan rings is 1. The maximum absolute atomic E-state index is 10.6. The zero-order valence-corrected chi connectivity index (χ0v) is 12.6. The number of rotatable bonds is 5. The fraction of sp³-hybridized carbons (Fsp3) is 0.0714. The molecule has 0 N–H and O–H groups in total. The Bertz CT molecular complexity index is 801. The van der Waals surface area contributed by atoms with Crippen molar-refractivity contribution >= 4 is 28.6 Å². The number of nitrogens with zero attached hydrogens (tertiary/aromatic N) is 2. The van der Waals surface area contributed by atoms with Crippen LogP contribution < -0.4 is 4.74 Å². The molecule has 0 unspecified atom stereocenters. The van der Waals surface area contributed by atoms with Gasteiger partial charge in [-0.05, 0) is 18.2 Å². The summed E-state index contributed by atoms with van der Waals surface area (Å²) in [5.41, 5.74) is 0.650. The molecule has 0 fully saturated rings. The van der Waals surface area contributed by atoms with Crippen LogP contribution in [-0.4, -0.2) is 9.91 Å². The summed E-state index contributed by atoms with van der Waals surface area (Å²) >= 11 is 7.41. The van der Waals surface area contributed by atoms with Crippen molar-refractivity contribution in [3.63, 3.8) is 0 Å². The van der Waals surface area contributed by atoms with Crippen LogP contribution in [-0.2, 0) is 6.61 Å². The quantitative estimate of drug-likeness (QED) is 0.504. The second-order valence-corrected chi connectivity index (χ2v) is 5.55. The number of hydrogen-bond donors (Lipinski definition) is 0. The number of aromatic nitrogens is 1. The standard InChI is InChI=1S/C14H9ClN2O4S/c15-11-6-10(17(18)19)3-4-12(11)21-7-9-8-22-14(16-9)13-2-1-5-20-13/h1-6,8H,7H2. The Labute approximate surface area is 134 Å². The zero-order chi connectivity index (χ0) is 15.5. The summed E-state index contributed by atoms with van der Waals surface area (Å²) in [5.74, 6) is 1.07. The molecule has 0 aliphatic heterocycles. The fourth-order valence-corrected chi connectivity index (χ4v) is 2.76. The number of thiazole rings is 1. The molecule has 0 amide bonds. The van der Waals surface area contributed by atoms with Crippen LogP contribution >= 0.6 is 22.9 Å². The average Bonchev–Trinajstić information content (AvgIpc) is 3.16. The van der Waals surface area contributed by atoms with Crippen LogP contribution in [0.3, 0.4) is 0 Å². The molecule has 0 aliphatic rings. The molecule has 1 aromatic carbocycles. The lowest BCUT2D eigenvalue weighted by molar-refractivity contribution is -0.384. The molecule has 0 radical (unpaired) electrons. The maximum atomic E-state index is 10.6. The lowest BCUT2D eigenvalue weighted by atomic mass is 10.3. The first-order chi connectivity index (χ1) is 10.6. The second kappa shape index (κ2) is 6.17. The molecule has 112 valence electrons. The highest BCUT2D eigenvalue weighted by atomic mass is 35.5. The van der Waals surface area contributed by atoms with E-state index in [1.54, 1.807) is 12.3 Å². The van der Waals surface area contributed by atoms with Crippen molar-refractivity contribution in [2.75, 3.05) is 0 Å². The Kier molecular flexibility index (Phi) is 4.08. The Morgan fingerprint density at radius 2 is 2.27 bits per heavy atom. The topological polar surface area (TPSA) is 78.4 Å². The SMILES string of the molecule is O=[N+]([O-])c1ccc(OCc2csc(-c3ccco3)n2)c(Cl)c1. The molecule has 0 atom stereocenters. The monoisotopic (exact) mass is 336 g/mol. The third-order valence-corrected chi connectivity index (χ3v) is 3.99. The highest BCUT2D eigenvalue weighted by Crippen LogP contribution is 2.30. The van der Waals surface area contributed by atoms with Gasteiger partial charge in [0.25, 0.3) is 5.69 Å². The van der Waals surface area contributed by atoms with E-state index in [9.17, 15) is 10.1 Å². The Balaban J connectivity index is 1.69. The van der Waals surface area contributed by atoms with Gasteiger partial charge in [0.2, 0.25) is 0 Å². The highest BCUT2D eigenvalue weighted by molar-refractivity contribution is 7.13. The van der Waals surface area contributed by atoms with Crippen molar-refractivity contribution in [1.29, 1.82) is 0 Å². The lowest BCUT2D eigenvalue weighted by Crippen LogP contribution is -1.97. The van der Waals surface area contributed by atoms with Gasteiger partial charge in [0.05, 0.1) is 21.9 Å². The van der Waals surface area contributed by atoms with E-state index in [0.717, 1.165) is 10.7 Å². The molecule has 0 bridgehead atoms. The molecule has 6 nitrogen and oxygen atoms in total. The van der Waals surface area contributed by atoms with Crippen LogP contribution in [0.1, 0.15) is 5.69 Å². The largest absolute Gasteiger partial charge is 0.486 e.